The lowest BCUT2D eigenvalue weighted by Gasteiger charge is -2.25. The fraction of sp³-hybridized carbons (Fsp3) is 0.318. The van der Waals surface area contributed by atoms with Crippen molar-refractivity contribution < 1.29 is 0 Å². The van der Waals surface area contributed by atoms with Crippen LogP contribution in [-0.2, 0) is 0 Å². The van der Waals surface area contributed by atoms with Crippen molar-refractivity contribution in [1.29, 1.82) is 0 Å². The van der Waals surface area contributed by atoms with Gasteiger partial charge in [0.2, 0.25) is 0 Å². The van der Waals surface area contributed by atoms with E-state index in [1.54, 1.807) is 6.20 Å². The van der Waals surface area contributed by atoms with Gasteiger partial charge in [0, 0.05) is 57.7 Å². The van der Waals surface area contributed by atoms with E-state index in [1.807, 2.05) is 36.2 Å². The predicted molar refractivity (Wildman–Crippen MR) is 119 cm³/mol. The molecule has 2 aromatic rings. The summed E-state index contributed by atoms with van der Waals surface area (Å²) in [6.45, 7) is 7.13. The van der Waals surface area contributed by atoms with Crippen molar-refractivity contribution in [3.63, 3.8) is 0 Å². The van der Waals surface area contributed by atoms with E-state index in [0.29, 0.717) is 5.70 Å². The third-order valence-corrected chi connectivity index (χ3v) is 4.77. The molecular formula is C22H29N7. The molecule has 0 bridgehead atoms. The third-order valence-electron chi connectivity index (χ3n) is 4.77. The van der Waals surface area contributed by atoms with E-state index >= 15 is 0 Å². The molecule has 0 radical (unpaired) electrons. The zero-order valence-electron chi connectivity index (χ0n) is 17.1. The average Bonchev–Trinajstić information content (AvgIpc) is 2.77. The first-order valence-corrected chi connectivity index (χ1v) is 9.84. The number of rotatable bonds is 6. The quantitative estimate of drug-likeness (QED) is 0.445. The number of hydrogen-bond acceptors (Lipinski definition) is 6. The molecule has 1 saturated heterocycles. The lowest BCUT2D eigenvalue weighted by Crippen LogP contribution is -2.43. The molecule has 7 nitrogen and oxygen atoms in total. The van der Waals surface area contributed by atoms with Gasteiger partial charge in [0.1, 0.15) is 18.0 Å². The number of nitrogens with one attached hydrogen (secondary N) is 1. The van der Waals surface area contributed by atoms with Crippen molar-refractivity contribution in [2.24, 2.45) is 10.7 Å². The molecule has 0 atom stereocenters. The van der Waals surface area contributed by atoms with E-state index < -0.39 is 0 Å². The number of piperazine rings is 1. The molecule has 1 aliphatic heterocycles. The largest absolute Gasteiger partial charge is 0.403 e. The Morgan fingerprint density at radius 1 is 1.31 bits per heavy atom. The number of nitrogens with two attached hydrogens (primary N) is 1. The van der Waals surface area contributed by atoms with E-state index in [0.717, 1.165) is 49.9 Å². The molecule has 2 heterocycles. The normalized spacial score (nSPS) is 16.3. The third kappa shape index (κ3) is 5.97. The van der Waals surface area contributed by atoms with E-state index in [4.69, 9.17) is 10.7 Å². The Morgan fingerprint density at radius 2 is 2.14 bits per heavy atom. The maximum atomic E-state index is 5.90. The minimum absolute atomic E-state index is 0.706. The Kier molecular flexibility index (Phi) is 7.49. The van der Waals surface area contributed by atoms with E-state index in [9.17, 15) is 0 Å². The lowest BCUT2D eigenvalue weighted by molar-refractivity contribution is 0.265. The lowest BCUT2D eigenvalue weighted by atomic mass is 10.1. The van der Waals surface area contributed by atoms with Gasteiger partial charge < -0.3 is 16.0 Å². The van der Waals surface area contributed by atoms with Crippen LogP contribution in [0.2, 0.25) is 0 Å². The maximum absolute atomic E-state index is 5.90. The molecule has 0 spiro atoms. The van der Waals surface area contributed by atoms with Gasteiger partial charge in [0.25, 0.3) is 0 Å². The molecule has 1 aromatic carbocycles. The molecule has 0 aliphatic carbocycles. The number of aromatic nitrogens is 2. The van der Waals surface area contributed by atoms with Crippen LogP contribution in [-0.4, -0.2) is 60.5 Å². The minimum Gasteiger partial charge on any atom is -0.403 e. The van der Waals surface area contributed by atoms with Crippen LogP contribution in [0.25, 0.3) is 0 Å². The Balaban J connectivity index is 1.86. The van der Waals surface area contributed by atoms with Crippen molar-refractivity contribution in [3.8, 4) is 0 Å². The number of aryl methyl sites for hydroxylation is 1. The Morgan fingerprint density at radius 3 is 2.83 bits per heavy atom. The van der Waals surface area contributed by atoms with Gasteiger partial charge in [-0.2, -0.15) is 0 Å². The molecule has 1 fully saturated rings. The SMILES string of the molecule is Cc1cccc(C(=NC(/C=C\CN2CCNCC2)=C/N)N(C)c2ccncn2)c1. The summed E-state index contributed by atoms with van der Waals surface area (Å²) >= 11 is 0. The zero-order chi connectivity index (χ0) is 20.5. The van der Waals surface area contributed by atoms with Crippen LogP contribution in [0.3, 0.4) is 0 Å². The van der Waals surface area contributed by atoms with Crippen molar-refractivity contribution in [3.05, 3.63) is 78.0 Å². The van der Waals surface area contributed by atoms with Crippen LogP contribution in [0.4, 0.5) is 5.82 Å². The highest BCUT2D eigenvalue weighted by Crippen LogP contribution is 2.16. The Hall–Kier alpha value is -3.03. The first kappa shape index (κ1) is 20.7. The molecular weight excluding hydrogens is 362 g/mol. The highest BCUT2D eigenvalue weighted by Gasteiger charge is 2.13. The van der Waals surface area contributed by atoms with Crippen molar-refractivity contribution in [1.82, 2.24) is 20.2 Å². The highest BCUT2D eigenvalue weighted by atomic mass is 15.2. The summed E-state index contributed by atoms with van der Waals surface area (Å²) < 4.78 is 0. The number of benzene rings is 1. The smallest absolute Gasteiger partial charge is 0.141 e. The second kappa shape index (κ2) is 10.5. The minimum atomic E-state index is 0.706. The molecule has 7 heteroatoms. The van der Waals surface area contributed by atoms with Crippen LogP contribution >= 0.6 is 0 Å². The first-order valence-electron chi connectivity index (χ1n) is 9.84. The number of allylic oxidation sites excluding steroid dienone is 1. The topological polar surface area (TPSA) is 82.7 Å². The van der Waals surface area contributed by atoms with Gasteiger partial charge in [-0.25, -0.2) is 15.0 Å². The Bertz CT molecular complexity index is 868. The maximum Gasteiger partial charge on any atom is 0.141 e. The monoisotopic (exact) mass is 391 g/mol. The molecule has 0 saturated carbocycles. The van der Waals surface area contributed by atoms with Crippen LogP contribution in [0.15, 0.2) is 71.9 Å². The van der Waals surface area contributed by atoms with E-state index in [-0.39, 0.29) is 0 Å². The summed E-state index contributed by atoms with van der Waals surface area (Å²) in [6.07, 6.45) is 8.89. The van der Waals surface area contributed by atoms with Crippen LogP contribution in [0, 0.1) is 6.92 Å². The van der Waals surface area contributed by atoms with Gasteiger partial charge >= 0.3 is 0 Å². The van der Waals surface area contributed by atoms with Crippen LogP contribution < -0.4 is 16.0 Å². The fourth-order valence-corrected chi connectivity index (χ4v) is 3.18. The summed E-state index contributed by atoms with van der Waals surface area (Å²) in [5.41, 5.74) is 8.77. The molecule has 0 amide bonds. The predicted octanol–water partition coefficient (Wildman–Crippen LogP) is 1.93. The number of aliphatic imine (C=N–C) groups is 1. The molecule has 3 N–H and O–H groups in total. The zero-order valence-corrected chi connectivity index (χ0v) is 17.1. The molecule has 0 unspecified atom stereocenters. The molecule has 3 rings (SSSR count). The summed E-state index contributed by atoms with van der Waals surface area (Å²) in [7, 11) is 1.95. The van der Waals surface area contributed by atoms with Crippen molar-refractivity contribution in [2.75, 3.05) is 44.7 Å². The summed E-state index contributed by atoms with van der Waals surface area (Å²) in [5, 5.41) is 3.37. The summed E-state index contributed by atoms with van der Waals surface area (Å²) in [4.78, 5) is 17.6. The van der Waals surface area contributed by atoms with Gasteiger partial charge in [0.05, 0.1) is 5.70 Å². The Labute approximate surface area is 172 Å². The number of amidine groups is 1. The number of anilines is 1. The van der Waals surface area contributed by atoms with Crippen LogP contribution in [0.1, 0.15) is 11.1 Å². The number of hydrogen-bond donors (Lipinski definition) is 2. The molecule has 1 aliphatic rings. The van der Waals surface area contributed by atoms with Crippen molar-refractivity contribution in [2.45, 2.75) is 6.92 Å². The van der Waals surface area contributed by atoms with Gasteiger partial charge in [-0.05, 0) is 25.1 Å². The second-order valence-corrected chi connectivity index (χ2v) is 6.98. The van der Waals surface area contributed by atoms with Gasteiger partial charge in [-0.1, -0.05) is 29.8 Å². The molecule has 29 heavy (non-hydrogen) atoms. The number of nitrogens with zero attached hydrogens (tertiary/aromatic N) is 5. The van der Waals surface area contributed by atoms with E-state index in [1.165, 1.54) is 18.1 Å². The highest BCUT2D eigenvalue weighted by molar-refractivity contribution is 6.09. The standard InChI is InChI=1S/C22H29N7/c1-18-5-3-6-19(15-18)22(28(2)21-8-9-25-17-26-21)27-20(16-23)7-4-12-29-13-10-24-11-14-29/h3-9,15-17,24H,10-14,23H2,1-2H3/b7-4-,20-16+,27-22?. The van der Waals surface area contributed by atoms with Gasteiger partial charge in [0.15, 0.2) is 0 Å². The second-order valence-electron chi connectivity index (χ2n) is 6.98. The van der Waals surface area contributed by atoms with Crippen molar-refractivity contribution >= 4 is 11.7 Å². The van der Waals surface area contributed by atoms with E-state index in [2.05, 4.69) is 45.3 Å². The van der Waals surface area contributed by atoms with Gasteiger partial charge in [-0.3, -0.25) is 4.90 Å². The van der Waals surface area contributed by atoms with Gasteiger partial charge in [-0.15, -0.1) is 0 Å². The molecule has 152 valence electrons. The summed E-state index contributed by atoms with van der Waals surface area (Å²) in [5.74, 6) is 1.54. The van der Waals surface area contributed by atoms with Crippen LogP contribution in [0.5, 0.6) is 0 Å². The molecule has 1 aromatic heterocycles. The summed E-state index contributed by atoms with van der Waals surface area (Å²) in [6, 6.07) is 10.1. The first-order chi connectivity index (χ1) is 14.2. The average molecular weight is 392 g/mol. The fourth-order valence-electron chi connectivity index (χ4n) is 3.18.